The lowest BCUT2D eigenvalue weighted by atomic mass is 9.82. The highest BCUT2D eigenvalue weighted by Gasteiger charge is 2.54. The smallest absolute Gasteiger partial charge is 0.447 e. The summed E-state index contributed by atoms with van der Waals surface area (Å²) in [6.45, 7) is 0. The lowest BCUT2D eigenvalue weighted by Crippen LogP contribution is -2.38. The Kier molecular flexibility index (Phi) is 7.98. The third-order valence-electron chi connectivity index (χ3n) is 8.36. The standard InChI is InChI=1S/C31H26Cl4O7/c32-17-7-9-19(21(34)15-17)23-25(30(41-27(23)36)11-3-1-4-12-30)39-29(38)40-26-24(20-10-8-18(33)16-22(20)35)28(37)42-31(26)13-5-2-6-14-31/h7-10,15-16H,1-6,11-14H2. The summed E-state index contributed by atoms with van der Waals surface area (Å²) < 4.78 is 23.7. The molecule has 2 aliphatic carbocycles. The van der Waals surface area contributed by atoms with Crippen LogP contribution in [-0.4, -0.2) is 29.3 Å². The molecule has 0 atom stereocenters. The summed E-state index contributed by atoms with van der Waals surface area (Å²) in [5, 5.41) is 1.17. The van der Waals surface area contributed by atoms with Crippen molar-refractivity contribution in [3.8, 4) is 0 Å². The van der Waals surface area contributed by atoms with Crippen molar-refractivity contribution in [3.05, 3.63) is 79.1 Å². The maximum absolute atomic E-state index is 13.7. The number of esters is 2. The van der Waals surface area contributed by atoms with Crippen LogP contribution in [0.4, 0.5) is 4.79 Å². The molecule has 2 heterocycles. The Morgan fingerprint density at radius 1 is 0.619 bits per heavy atom. The van der Waals surface area contributed by atoms with Gasteiger partial charge in [-0.05, 0) is 75.6 Å². The molecule has 0 saturated heterocycles. The van der Waals surface area contributed by atoms with Gasteiger partial charge in [0.15, 0.2) is 22.7 Å². The molecular formula is C31H26Cl4O7. The summed E-state index contributed by atoms with van der Waals surface area (Å²) in [6.07, 6.45) is 5.73. The monoisotopic (exact) mass is 650 g/mol. The zero-order valence-electron chi connectivity index (χ0n) is 22.4. The van der Waals surface area contributed by atoms with Crippen molar-refractivity contribution in [2.45, 2.75) is 75.4 Å². The van der Waals surface area contributed by atoms with Crippen LogP contribution < -0.4 is 0 Å². The second kappa shape index (κ2) is 11.4. The van der Waals surface area contributed by atoms with Crippen LogP contribution in [0.5, 0.6) is 0 Å². The molecule has 220 valence electrons. The second-order valence-corrected chi connectivity index (χ2v) is 12.7. The fourth-order valence-corrected chi connectivity index (χ4v) is 7.43. The zero-order chi connectivity index (χ0) is 29.6. The van der Waals surface area contributed by atoms with E-state index in [1.165, 1.54) is 12.1 Å². The molecule has 0 aromatic heterocycles. The molecule has 6 rings (SSSR count). The molecule has 7 nitrogen and oxygen atoms in total. The number of hydrogen-bond acceptors (Lipinski definition) is 7. The summed E-state index contributed by atoms with van der Waals surface area (Å²) >= 11 is 25.2. The van der Waals surface area contributed by atoms with E-state index < -0.39 is 29.3 Å². The van der Waals surface area contributed by atoms with E-state index in [1.807, 2.05) is 0 Å². The van der Waals surface area contributed by atoms with Crippen molar-refractivity contribution in [3.63, 3.8) is 0 Å². The average molecular weight is 652 g/mol. The molecular weight excluding hydrogens is 626 g/mol. The lowest BCUT2D eigenvalue weighted by Gasteiger charge is -2.34. The predicted molar refractivity (Wildman–Crippen MR) is 158 cm³/mol. The first kappa shape index (κ1) is 29.4. The van der Waals surface area contributed by atoms with Gasteiger partial charge in [0.2, 0.25) is 0 Å². The molecule has 0 unspecified atom stereocenters. The highest BCUT2D eigenvalue weighted by Crippen LogP contribution is 2.51. The van der Waals surface area contributed by atoms with E-state index in [1.54, 1.807) is 24.3 Å². The first-order valence-corrected chi connectivity index (χ1v) is 15.4. The fourth-order valence-electron chi connectivity index (χ4n) is 6.42. The Morgan fingerprint density at radius 3 is 1.36 bits per heavy atom. The molecule has 2 aromatic rings. The number of hydrogen-bond donors (Lipinski definition) is 0. The van der Waals surface area contributed by atoms with Crippen LogP contribution in [-0.2, 0) is 28.5 Å². The summed E-state index contributed by atoms with van der Waals surface area (Å²) in [5.74, 6) is -1.23. The van der Waals surface area contributed by atoms with Crippen LogP contribution in [0.3, 0.4) is 0 Å². The van der Waals surface area contributed by atoms with Crippen molar-refractivity contribution in [2.24, 2.45) is 0 Å². The first-order valence-electron chi connectivity index (χ1n) is 13.9. The molecule has 2 fully saturated rings. The van der Waals surface area contributed by atoms with Crippen molar-refractivity contribution >= 4 is 75.6 Å². The summed E-state index contributed by atoms with van der Waals surface area (Å²) in [4.78, 5) is 40.3. The van der Waals surface area contributed by atoms with Gasteiger partial charge in [-0.25, -0.2) is 14.4 Å². The van der Waals surface area contributed by atoms with Crippen LogP contribution in [0.2, 0.25) is 20.1 Å². The Balaban J connectivity index is 1.43. The van der Waals surface area contributed by atoms with Gasteiger partial charge in [-0.1, -0.05) is 71.4 Å². The van der Waals surface area contributed by atoms with Gasteiger partial charge in [-0.3, -0.25) is 0 Å². The molecule has 4 aliphatic rings. The third kappa shape index (κ3) is 5.19. The van der Waals surface area contributed by atoms with Gasteiger partial charge in [0, 0.05) is 21.2 Å². The van der Waals surface area contributed by atoms with E-state index in [2.05, 4.69) is 0 Å². The lowest BCUT2D eigenvalue weighted by molar-refractivity contribution is -0.150. The maximum Gasteiger partial charge on any atom is 0.519 e. The van der Waals surface area contributed by atoms with Gasteiger partial charge in [0.25, 0.3) is 0 Å². The van der Waals surface area contributed by atoms with Crippen molar-refractivity contribution < 1.29 is 33.3 Å². The van der Waals surface area contributed by atoms with Crippen LogP contribution in [0.1, 0.15) is 75.3 Å². The van der Waals surface area contributed by atoms with E-state index in [-0.39, 0.29) is 32.7 Å². The molecule has 2 aliphatic heterocycles. The minimum absolute atomic E-state index is 0.0380. The Morgan fingerprint density at radius 2 is 1.00 bits per heavy atom. The van der Waals surface area contributed by atoms with Crippen molar-refractivity contribution in [1.82, 2.24) is 0 Å². The number of carbonyl (C=O) groups is 3. The van der Waals surface area contributed by atoms with Crippen molar-refractivity contribution in [2.75, 3.05) is 0 Å². The fraction of sp³-hybridized carbons (Fsp3) is 0.387. The van der Waals surface area contributed by atoms with E-state index in [4.69, 9.17) is 65.4 Å². The Bertz CT molecular complexity index is 1430. The van der Waals surface area contributed by atoms with Crippen LogP contribution >= 0.6 is 46.4 Å². The highest BCUT2D eigenvalue weighted by atomic mass is 35.5. The van der Waals surface area contributed by atoms with Crippen molar-refractivity contribution in [1.29, 1.82) is 0 Å². The molecule has 0 amide bonds. The summed E-state index contributed by atoms with van der Waals surface area (Å²) in [6, 6.07) is 9.35. The van der Waals surface area contributed by atoms with Crippen LogP contribution in [0, 0.1) is 0 Å². The number of ether oxygens (including phenoxy) is 4. The third-order valence-corrected chi connectivity index (χ3v) is 9.46. The molecule has 2 aromatic carbocycles. The first-order chi connectivity index (χ1) is 20.1. The molecule has 0 radical (unpaired) electrons. The van der Waals surface area contributed by atoms with Crippen LogP contribution in [0.25, 0.3) is 11.1 Å². The topological polar surface area (TPSA) is 88.1 Å². The Hall–Kier alpha value is -2.71. The molecule has 0 N–H and O–H groups in total. The van der Waals surface area contributed by atoms with Gasteiger partial charge in [-0.15, -0.1) is 0 Å². The number of benzene rings is 2. The minimum Gasteiger partial charge on any atom is -0.447 e. The van der Waals surface area contributed by atoms with Gasteiger partial charge in [0.1, 0.15) is 11.1 Å². The maximum atomic E-state index is 13.7. The zero-order valence-corrected chi connectivity index (χ0v) is 25.4. The van der Waals surface area contributed by atoms with Gasteiger partial charge in [-0.2, -0.15) is 0 Å². The van der Waals surface area contributed by atoms with Gasteiger partial charge < -0.3 is 18.9 Å². The molecule has 2 spiro atoms. The number of rotatable bonds is 4. The largest absolute Gasteiger partial charge is 0.519 e. The van der Waals surface area contributed by atoms with E-state index in [0.717, 1.165) is 38.5 Å². The van der Waals surface area contributed by atoms with E-state index >= 15 is 0 Å². The number of carbonyl (C=O) groups excluding carboxylic acids is 3. The molecule has 0 bridgehead atoms. The summed E-state index contributed by atoms with van der Waals surface area (Å²) in [5.41, 5.74) is -1.56. The average Bonchev–Trinajstić information content (AvgIpc) is 3.34. The molecule has 2 saturated carbocycles. The number of halogens is 4. The minimum atomic E-state index is -1.14. The normalized spacial score (nSPS) is 21.1. The van der Waals surface area contributed by atoms with Gasteiger partial charge >= 0.3 is 18.1 Å². The van der Waals surface area contributed by atoms with Crippen LogP contribution in [0.15, 0.2) is 47.9 Å². The molecule has 42 heavy (non-hydrogen) atoms. The highest BCUT2D eigenvalue weighted by molar-refractivity contribution is 6.38. The summed E-state index contributed by atoms with van der Waals surface area (Å²) in [7, 11) is 0. The van der Waals surface area contributed by atoms with E-state index in [0.29, 0.717) is 46.9 Å². The Labute approximate surface area is 262 Å². The SMILES string of the molecule is O=C(OC1=C(c2ccc(Cl)cc2Cl)C(=O)OC12CCCCC2)OC1=C(c2ccc(Cl)cc2Cl)C(=O)OC12CCCCC2. The quantitative estimate of drug-likeness (QED) is 0.241. The predicted octanol–water partition coefficient (Wildman–Crippen LogP) is 9.10. The van der Waals surface area contributed by atoms with Gasteiger partial charge in [0.05, 0.1) is 10.0 Å². The van der Waals surface area contributed by atoms with E-state index in [9.17, 15) is 14.4 Å². The second-order valence-electron chi connectivity index (χ2n) is 11.0. The molecule has 11 heteroatoms.